The van der Waals surface area contributed by atoms with E-state index in [2.05, 4.69) is 23.3 Å². The third-order valence-corrected chi connectivity index (χ3v) is 5.22. The molecule has 0 aromatic rings. The first-order chi connectivity index (χ1) is 12.3. The molecule has 0 fully saturated rings. The minimum atomic E-state index is -5.43. The molecule has 0 aliphatic carbocycles. The van der Waals surface area contributed by atoms with Crippen LogP contribution >= 0.6 is 0 Å². The molecule has 156 valence electrons. The fourth-order valence-electron chi connectivity index (χ4n) is 2.59. The Morgan fingerprint density at radius 1 is 0.731 bits per heavy atom. The Morgan fingerprint density at radius 3 is 1.62 bits per heavy atom. The predicted molar refractivity (Wildman–Crippen MR) is 100 cm³/mol. The summed E-state index contributed by atoms with van der Waals surface area (Å²) in [6.07, 6.45) is 19.8. The summed E-state index contributed by atoms with van der Waals surface area (Å²) in [5.74, 6) is 0. The quantitative estimate of drug-likeness (QED) is 0.116. The molecule has 0 saturated heterocycles. The fraction of sp³-hybridized carbons (Fsp3) is 0.895. The zero-order chi connectivity index (χ0) is 19.7. The summed E-state index contributed by atoms with van der Waals surface area (Å²) in [5, 5.41) is 0. The molecule has 3 nitrogen and oxygen atoms in total. The van der Waals surface area contributed by atoms with Gasteiger partial charge in [-0.3, -0.25) is 4.18 Å². The van der Waals surface area contributed by atoms with Crippen LogP contribution < -0.4 is 0 Å². The highest BCUT2D eigenvalue weighted by Gasteiger charge is 2.47. The van der Waals surface area contributed by atoms with Gasteiger partial charge in [0, 0.05) is 0 Å². The molecule has 0 aromatic heterocycles. The van der Waals surface area contributed by atoms with E-state index in [1.165, 1.54) is 38.5 Å². The van der Waals surface area contributed by atoms with Crippen LogP contribution in [0.5, 0.6) is 0 Å². The van der Waals surface area contributed by atoms with Crippen LogP contribution in [0.25, 0.3) is 0 Å². The van der Waals surface area contributed by atoms with Crippen LogP contribution in [-0.2, 0) is 14.3 Å². The molecule has 0 amide bonds. The molecule has 0 aliphatic rings. The average molecular weight is 401 g/mol. The summed E-state index contributed by atoms with van der Waals surface area (Å²) >= 11 is 0. The fourth-order valence-corrected chi connectivity index (χ4v) is 3.06. The Hall–Kier alpha value is -0.560. The van der Waals surface area contributed by atoms with Crippen LogP contribution in [0, 0.1) is 0 Å². The van der Waals surface area contributed by atoms with E-state index in [1.54, 1.807) is 0 Å². The zero-order valence-corrected chi connectivity index (χ0v) is 16.8. The number of halogens is 3. The average Bonchev–Trinajstić information content (AvgIpc) is 2.56. The Bertz CT molecular complexity index is 445. The summed E-state index contributed by atoms with van der Waals surface area (Å²) in [6, 6.07) is 0. The standard InChI is InChI=1S/C19H35F3O3S/c1-2-3-4-5-6-7-8-9-10-11-12-13-14-15-16-17-18-25-26(23,24)19(20,21)22/h9-10H,2-8,11-18H2,1H3. The highest BCUT2D eigenvalue weighted by atomic mass is 32.2. The summed E-state index contributed by atoms with van der Waals surface area (Å²) in [5.41, 5.74) is -5.32. The van der Waals surface area contributed by atoms with Gasteiger partial charge in [-0.1, -0.05) is 76.9 Å². The lowest BCUT2D eigenvalue weighted by molar-refractivity contribution is -0.0542. The first kappa shape index (κ1) is 25.4. The van der Waals surface area contributed by atoms with Crippen molar-refractivity contribution < 1.29 is 25.8 Å². The molecule has 0 rings (SSSR count). The Morgan fingerprint density at radius 2 is 1.15 bits per heavy atom. The van der Waals surface area contributed by atoms with E-state index in [9.17, 15) is 21.6 Å². The van der Waals surface area contributed by atoms with Gasteiger partial charge in [0.2, 0.25) is 0 Å². The van der Waals surface area contributed by atoms with Crippen LogP contribution in [0.3, 0.4) is 0 Å². The molecule has 0 aromatic carbocycles. The van der Waals surface area contributed by atoms with Crippen LogP contribution in [0.2, 0.25) is 0 Å². The van der Waals surface area contributed by atoms with Crippen molar-refractivity contribution in [1.29, 1.82) is 0 Å². The van der Waals surface area contributed by atoms with Crippen molar-refractivity contribution in [2.45, 2.75) is 102 Å². The Balaban J connectivity index is 3.33. The van der Waals surface area contributed by atoms with E-state index in [0.717, 1.165) is 38.5 Å². The van der Waals surface area contributed by atoms with Crippen LogP contribution in [0.4, 0.5) is 13.2 Å². The van der Waals surface area contributed by atoms with Gasteiger partial charge in [0.1, 0.15) is 0 Å². The molecule has 0 N–H and O–H groups in total. The minimum absolute atomic E-state index is 0.327. The third kappa shape index (κ3) is 14.6. The van der Waals surface area contributed by atoms with Crippen molar-refractivity contribution >= 4 is 10.1 Å². The molecule has 0 bridgehead atoms. The van der Waals surface area contributed by atoms with E-state index < -0.39 is 22.2 Å². The number of unbranched alkanes of at least 4 members (excludes halogenated alkanes) is 12. The van der Waals surface area contributed by atoms with Crippen molar-refractivity contribution in [2.75, 3.05) is 6.61 Å². The highest BCUT2D eigenvalue weighted by molar-refractivity contribution is 7.87. The molecule has 0 heterocycles. The largest absolute Gasteiger partial charge is 0.523 e. The zero-order valence-electron chi connectivity index (χ0n) is 16.0. The molecule has 26 heavy (non-hydrogen) atoms. The van der Waals surface area contributed by atoms with Gasteiger partial charge in [0.25, 0.3) is 0 Å². The van der Waals surface area contributed by atoms with E-state index in [4.69, 9.17) is 0 Å². The number of rotatable bonds is 17. The monoisotopic (exact) mass is 400 g/mol. The van der Waals surface area contributed by atoms with E-state index in [0.29, 0.717) is 12.8 Å². The SMILES string of the molecule is CCCCCCCCC=CCCCCCCCCOS(=O)(=O)C(F)(F)F. The summed E-state index contributed by atoms with van der Waals surface area (Å²) in [7, 11) is -5.43. The molecular weight excluding hydrogens is 365 g/mol. The van der Waals surface area contributed by atoms with Crippen LogP contribution in [0.15, 0.2) is 12.2 Å². The lowest BCUT2D eigenvalue weighted by atomic mass is 10.1. The van der Waals surface area contributed by atoms with Gasteiger partial charge in [-0.15, -0.1) is 0 Å². The van der Waals surface area contributed by atoms with Crippen LogP contribution in [-0.4, -0.2) is 20.5 Å². The predicted octanol–water partition coefficient (Wildman–Crippen LogP) is 6.89. The van der Waals surface area contributed by atoms with Gasteiger partial charge in [-0.05, 0) is 32.1 Å². The van der Waals surface area contributed by atoms with Crippen LogP contribution in [0.1, 0.15) is 96.8 Å². The topological polar surface area (TPSA) is 43.4 Å². The number of hydrogen-bond acceptors (Lipinski definition) is 3. The third-order valence-electron chi connectivity index (χ3n) is 4.18. The van der Waals surface area contributed by atoms with Gasteiger partial charge in [-0.2, -0.15) is 21.6 Å². The lowest BCUT2D eigenvalue weighted by Gasteiger charge is -2.07. The van der Waals surface area contributed by atoms with Gasteiger partial charge in [0.15, 0.2) is 0 Å². The normalized spacial score (nSPS) is 12.9. The Labute approximate surface area is 157 Å². The maximum Gasteiger partial charge on any atom is 0.523 e. The summed E-state index contributed by atoms with van der Waals surface area (Å²) in [6.45, 7) is 1.82. The number of allylic oxidation sites excluding steroid dienone is 2. The van der Waals surface area contributed by atoms with E-state index in [-0.39, 0.29) is 0 Å². The maximum atomic E-state index is 12.0. The smallest absolute Gasteiger partial charge is 0.263 e. The van der Waals surface area contributed by atoms with E-state index in [1.807, 2.05) is 0 Å². The molecule has 0 saturated carbocycles. The van der Waals surface area contributed by atoms with Crippen molar-refractivity contribution in [3.05, 3.63) is 12.2 Å². The van der Waals surface area contributed by atoms with Crippen molar-refractivity contribution in [2.24, 2.45) is 0 Å². The molecule has 7 heteroatoms. The minimum Gasteiger partial charge on any atom is -0.263 e. The maximum absolute atomic E-state index is 12.0. The van der Waals surface area contributed by atoms with Crippen molar-refractivity contribution in [3.8, 4) is 0 Å². The first-order valence-electron chi connectivity index (χ1n) is 9.92. The molecule has 0 spiro atoms. The summed E-state index contributed by atoms with van der Waals surface area (Å²) in [4.78, 5) is 0. The van der Waals surface area contributed by atoms with Crippen molar-refractivity contribution in [3.63, 3.8) is 0 Å². The molecule has 0 radical (unpaired) electrons. The number of hydrogen-bond donors (Lipinski definition) is 0. The van der Waals surface area contributed by atoms with E-state index >= 15 is 0 Å². The molecular formula is C19H35F3O3S. The Kier molecular flexibility index (Phi) is 15.2. The van der Waals surface area contributed by atoms with Crippen molar-refractivity contribution in [1.82, 2.24) is 0 Å². The summed E-state index contributed by atoms with van der Waals surface area (Å²) < 4.78 is 61.3. The van der Waals surface area contributed by atoms with Gasteiger partial charge in [0.05, 0.1) is 6.61 Å². The van der Waals surface area contributed by atoms with Gasteiger partial charge < -0.3 is 0 Å². The molecule has 0 aliphatic heterocycles. The van der Waals surface area contributed by atoms with Gasteiger partial charge in [-0.25, -0.2) is 0 Å². The molecule has 0 atom stereocenters. The number of alkyl halides is 3. The van der Waals surface area contributed by atoms with Gasteiger partial charge >= 0.3 is 15.6 Å². The second-order valence-electron chi connectivity index (χ2n) is 6.66. The first-order valence-corrected chi connectivity index (χ1v) is 11.3. The highest BCUT2D eigenvalue weighted by Crippen LogP contribution is 2.24. The molecule has 0 unspecified atom stereocenters. The lowest BCUT2D eigenvalue weighted by Crippen LogP contribution is -2.25. The second kappa shape index (κ2) is 15.5. The second-order valence-corrected chi connectivity index (χ2v) is 8.27.